The zero-order chi connectivity index (χ0) is 26.1. The summed E-state index contributed by atoms with van der Waals surface area (Å²) >= 11 is 0. The first kappa shape index (κ1) is 27.1. The maximum Gasteiger partial charge on any atom is 0.343 e. The molecule has 0 radical (unpaired) electrons. The molecule has 0 N–H and O–H groups in total. The first-order valence-electron chi connectivity index (χ1n) is 12.8. The summed E-state index contributed by atoms with van der Waals surface area (Å²) in [5.74, 6) is -1.63. The van der Waals surface area contributed by atoms with Gasteiger partial charge in [0, 0.05) is 6.07 Å². The van der Waals surface area contributed by atoms with Crippen LogP contribution in [0.5, 0.6) is 5.75 Å². The van der Waals surface area contributed by atoms with Crippen molar-refractivity contribution in [2.45, 2.75) is 65.9 Å². The molecule has 3 aromatic carbocycles. The average molecular weight is 491 g/mol. The Labute approximate surface area is 213 Å². The van der Waals surface area contributed by atoms with E-state index < -0.39 is 17.8 Å². The molecule has 3 rings (SSSR count). The van der Waals surface area contributed by atoms with Gasteiger partial charge in [-0.15, -0.1) is 0 Å². The molecule has 0 fully saturated rings. The second kappa shape index (κ2) is 13.0. The van der Waals surface area contributed by atoms with Crippen LogP contribution < -0.4 is 4.74 Å². The summed E-state index contributed by atoms with van der Waals surface area (Å²) in [7, 11) is 0. The molecular weight excluding hydrogens is 455 g/mol. The molecule has 1 unspecified atom stereocenters. The summed E-state index contributed by atoms with van der Waals surface area (Å²) in [5, 5.41) is 0. The zero-order valence-corrected chi connectivity index (χ0v) is 21.6. The van der Waals surface area contributed by atoms with Gasteiger partial charge in [-0.1, -0.05) is 76.4 Å². The highest BCUT2D eigenvalue weighted by molar-refractivity contribution is 5.92. The first-order chi connectivity index (χ1) is 17.3. The molecule has 1 atom stereocenters. The summed E-state index contributed by atoms with van der Waals surface area (Å²) in [5.41, 5.74) is 3.51. The third-order valence-corrected chi connectivity index (χ3v) is 6.45. The molecule has 0 aliphatic carbocycles. The number of aryl methyl sites for hydroxylation is 1. The van der Waals surface area contributed by atoms with Crippen LogP contribution in [0.3, 0.4) is 0 Å². The minimum absolute atomic E-state index is 0.0229. The molecule has 0 bridgehead atoms. The fourth-order valence-corrected chi connectivity index (χ4v) is 4.23. The Morgan fingerprint density at radius 2 is 1.44 bits per heavy atom. The molecule has 0 saturated heterocycles. The summed E-state index contributed by atoms with van der Waals surface area (Å²) in [6.45, 7) is 8.17. The van der Waals surface area contributed by atoms with Gasteiger partial charge < -0.3 is 9.47 Å². The van der Waals surface area contributed by atoms with E-state index in [1.54, 1.807) is 12.1 Å². The zero-order valence-electron chi connectivity index (χ0n) is 21.6. The molecule has 0 heterocycles. The van der Waals surface area contributed by atoms with Crippen LogP contribution in [0.1, 0.15) is 79.7 Å². The third-order valence-electron chi connectivity index (χ3n) is 6.45. The number of carbonyl (C=O) groups excluding carboxylic acids is 2. The van der Waals surface area contributed by atoms with Crippen molar-refractivity contribution in [3.63, 3.8) is 0 Å². The van der Waals surface area contributed by atoms with Crippen LogP contribution in [0.15, 0.2) is 66.7 Å². The molecule has 4 nitrogen and oxygen atoms in total. The van der Waals surface area contributed by atoms with Crippen LogP contribution in [0, 0.1) is 11.7 Å². The fraction of sp³-hybridized carbons (Fsp3) is 0.355. The topological polar surface area (TPSA) is 52.6 Å². The summed E-state index contributed by atoms with van der Waals surface area (Å²) in [6.07, 6.45) is 4.58. The maximum absolute atomic E-state index is 14.6. The monoisotopic (exact) mass is 490 g/mol. The van der Waals surface area contributed by atoms with Gasteiger partial charge in [-0.3, -0.25) is 0 Å². The Morgan fingerprint density at radius 1 is 0.833 bits per heavy atom. The Kier molecular flexibility index (Phi) is 9.80. The third kappa shape index (κ3) is 7.27. The largest absolute Gasteiger partial charge is 0.459 e. The van der Waals surface area contributed by atoms with Gasteiger partial charge in [0.2, 0.25) is 0 Å². The van der Waals surface area contributed by atoms with Gasteiger partial charge in [0.15, 0.2) is 0 Å². The SMILES string of the molecule is CCCc1ccc(-c2ccc(C(=O)Oc3ccc(C(=O)OC(C)CC(CC)CC)c(F)c3)cc2)cc1. The first-order valence-corrected chi connectivity index (χ1v) is 12.8. The molecule has 0 spiro atoms. The van der Waals surface area contributed by atoms with Crippen molar-refractivity contribution < 1.29 is 23.5 Å². The number of carbonyl (C=O) groups is 2. The quantitative estimate of drug-likeness (QED) is 0.202. The second-order valence-electron chi connectivity index (χ2n) is 9.19. The van der Waals surface area contributed by atoms with Crippen LogP contribution >= 0.6 is 0 Å². The predicted octanol–water partition coefficient (Wildman–Crippen LogP) is 8.04. The molecule has 36 heavy (non-hydrogen) atoms. The van der Waals surface area contributed by atoms with E-state index >= 15 is 0 Å². The van der Waals surface area contributed by atoms with Crippen molar-refractivity contribution in [3.05, 3.63) is 89.2 Å². The van der Waals surface area contributed by atoms with Crippen LogP contribution in [-0.2, 0) is 11.2 Å². The number of rotatable bonds is 11. The van der Waals surface area contributed by atoms with Crippen molar-refractivity contribution in [1.82, 2.24) is 0 Å². The number of hydrogen-bond acceptors (Lipinski definition) is 4. The van der Waals surface area contributed by atoms with E-state index in [2.05, 4.69) is 45.0 Å². The summed E-state index contributed by atoms with van der Waals surface area (Å²) < 4.78 is 25.4. The highest BCUT2D eigenvalue weighted by Gasteiger charge is 2.20. The van der Waals surface area contributed by atoms with Gasteiger partial charge in [-0.05, 0) is 66.6 Å². The van der Waals surface area contributed by atoms with E-state index in [-0.39, 0.29) is 17.4 Å². The standard InChI is InChI=1S/C31H35FO4/c1-5-8-23-9-11-24(12-10-23)25-13-15-26(16-14-25)30(33)36-27-17-18-28(29(32)20-27)31(34)35-21(4)19-22(6-2)7-3/h9-18,20-22H,5-8,19H2,1-4H3. The van der Waals surface area contributed by atoms with Gasteiger partial charge in [0.05, 0.1) is 17.2 Å². The van der Waals surface area contributed by atoms with Gasteiger partial charge in [-0.25, -0.2) is 14.0 Å². The van der Waals surface area contributed by atoms with E-state index in [4.69, 9.17) is 9.47 Å². The summed E-state index contributed by atoms with van der Waals surface area (Å²) in [4.78, 5) is 25.0. The molecule has 0 aromatic heterocycles. The van der Waals surface area contributed by atoms with Gasteiger partial charge in [0.25, 0.3) is 0 Å². The number of benzene rings is 3. The molecule has 0 aliphatic heterocycles. The van der Waals surface area contributed by atoms with Crippen LogP contribution in [-0.4, -0.2) is 18.0 Å². The average Bonchev–Trinajstić information content (AvgIpc) is 2.88. The highest BCUT2D eigenvalue weighted by Crippen LogP contribution is 2.24. The fourth-order valence-electron chi connectivity index (χ4n) is 4.23. The maximum atomic E-state index is 14.6. The summed E-state index contributed by atoms with van der Waals surface area (Å²) in [6, 6.07) is 19.2. The lowest BCUT2D eigenvalue weighted by atomic mass is 9.97. The lowest BCUT2D eigenvalue weighted by Gasteiger charge is -2.19. The Morgan fingerprint density at radius 3 is 2.00 bits per heavy atom. The van der Waals surface area contributed by atoms with E-state index in [0.29, 0.717) is 11.5 Å². The van der Waals surface area contributed by atoms with Crippen LogP contribution in [0.2, 0.25) is 0 Å². The van der Waals surface area contributed by atoms with Gasteiger partial charge in [-0.2, -0.15) is 0 Å². The van der Waals surface area contributed by atoms with Crippen molar-refractivity contribution in [2.24, 2.45) is 5.92 Å². The molecular formula is C31H35FO4. The molecule has 3 aromatic rings. The van der Waals surface area contributed by atoms with Crippen molar-refractivity contribution in [3.8, 4) is 16.9 Å². The smallest absolute Gasteiger partial charge is 0.343 e. The molecule has 0 aliphatic rings. The molecule has 190 valence electrons. The number of ether oxygens (including phenoxy) is 2. The van der Waals surface area contributed by atoms with Crippen LogP contribution in [0.25, 0.3) is 11.1 Å². The Hall–Kier alpha value is -3.47. The Bertz CT molecular complexity index is 1150. The van der Waals surface area contributed by atoms with Crippen molar-refractivity contribution in [2.75, 3.05) is 0 Å². The molecule has 0 amide bonds. The van der Waals surface area contributed by atoms with E-state index in [9.17, 15) is 14.0 Å². The minimum atomic E-state index is -0.790. The van der Waals surface area contributed by atoms with E-state index in [0.717, 1.165) is 49.3 Å². The van der Waals surface area contributed by atoms with Crippen LogP contribution in [0.4, 0.5) is 4.39 Å². The molecule has 5 heteroatoms. The lowest BCUT2D eigenvalue weighted by Crippen LogP contribution is -2.19. The molecule has 0 saturated carbocycles. The number of hydrogen-bond donors (Lipinski definition) is 0. The van der Waals surface area contributed by atoms with Crippen molar-refractivity contribution >= 4 is 11.9 Å². The lowest BCUT2D eigenvalue weighted by molar-refractivity contribution is 0.0280. The Balaban J connectivity index is 1.61. The van der Waals surface area contributed by atoms with E-state index in [1.165, 1.54) is 17.7 Å². The van der Waals surface area contributed by atoms with Gasteiger partial charge in [0.1, 0.15) is 11.6 Å². The van der Waals surface area contributed by atoms with E-state index in [1.807, 2.05) is 19.1 Å². The normalized spacial score (nSPS) is 11.8. The highest BCUT2D eigenvalue weighted by atomic mass is 19.1. The van der Waals surface area contributed by atoms with Crippen molar-refractivity contribution in [1.29, 1.82) is 0 Å². The predicted molar refractivity (Wildman–Crippen MR) is 141 cm³/mol. The minimum Gasteiger partial charge on any atom is -0.459 e. The number of halogens is 1. The second-order valence-corrected chi connectivity index (χ2v) is 9.19. The number of esters is 2. The van der Waals surface area contributed by atoms with Gasteiger partial charge >= 0.3 is 11.9 Å².